The Morgan fingerprint density at radius 1 is 1.22 bits per heavy atom. The standard InChI is InChI=1S/C13H12Br2N2O/c14-9-4-5-12(10(15)7-9)18-13(8-16)11-3-1-2-6-17-11/h1-7,13H,8,16H2. The Kier molecular flexibility index (Phi) is 4.74. The number of aromatic nitrogens is 1. The minimum atomic E-state index is -0.247. The summed E-state index contributed by atoms with van der Waals surface area (Å²) in [4.78, 5) is 4.26. The summed E-state index contributed by atoms with van der Waals surface area (Å²) in [6, 6.07) is 11.4. The summed E-state index contributed by atoms with van der Waals surface area (Å²) in [5.74, 6) is 0.749. The summed E-state index contributed by atoms with van der Waals surface area (Å²) in [5, 5.41) is 0. The SMILES string of the molecule is NCC(Oc1ccc(Br)cc1Br)c1ccccn1. The van der Waals surface area contributed by atoms with E-state index < -0.39 is 0 Å². The molecule has 3 nitrogen and oxygen atoms in total. The first-order valence-corrected chi connectivity index (χ1v) is 7.02. The maximum Gasteiger partial charge on any atom is 0.153 e. The number of nitrogens with zero attached hydrogens (tertiary/aromatic N) is 1. The van der Waals surface area contributed by atoms with Gasteiger partial charge in [-0.3, -0.25) is 4.98 Å². The van der Waals surface area contributed by atoms with Gasteiger partial charge in [0.05, 0.1) is 10.2 Å². The van der Waals surface area contributed by atoms with E-state index in [4.69, 9.17) is 10.5 Å². The van der Waals surface area contributed by atoms with E-state index in [1.165, 1.54) is 0 Å². The van der Waals surface area contributed by atoms with E-state index in [9.17, 15) is 0 Å². The zero-order chi connectivity index (χ0) is 13.0. The van der Waals surface area contributed by atoms with Gasteiger partial charge in [-0.05, 0) is 46.3 Å². The van der Waals surface area contributed by atoms with Gasteiger partial charge in [-0.25, -0.2) is 0 Å². The van der Waals surface area contributed by atoms with Crippen LogP contribution >= 0.6 is 31.9 Å². The number of nitrogens with two attached hydrogens (primary N) is 1. The van der Waals surface area contributed by atoms with Crippen molar-refractivity contribution in [3.05, 3.63) is 57.2 Å². The molecule has 5 heteroatoms. The predicted octanol–water partition coefficient (Wildman–Crippen LogP) is 3.69. The number of rotatable bonds is 4. The fraction of sp³-hybridized carbons (Fsp3) is 0.154. The van der Waals surface area contributed by atoms with Crippen LogP contribution in [0.15, 0.2) is 51.5 Å². The van der Waals surface area contributed by atoms with Gasteiger partial charge in [-0.15, -0.1) is 0 Å². The Morgan fingerprint density at radius 2 is 2.06 bits per heavy atom. The monoisotopic (exact) mass is 370 g/mol. The number of pyridine rings is 1. The normalized spacial score (nSPS) is 12.2. The average molecular weight is 372 g/mol. The second-order valence-electron chi connectivity index (χ2n) is 3.67. The summed E-state index contributed by atoms with van der Waals surface area (Å²) in [6.07, 6.45) is 1.49. The van der Waals surface area contributed by atoms with Gasteiger partial charge < -0.3 is 10.5 Å². The maximum absolute atomic E-state index is 5.88. The molecule has 1 atom stereocenters. The van der Waals surface area contributed by atoms with Gasteiger partial charge in [0.2, 0.25) is 0 Å². The Labute approximate surface area is 123 Å². The van der Waals surface area contributed by atoms with Crippen LogP contribution in [0.4, 0.5) is 0 Å². The van der Waals surface area contributed by atoms with Crippen molar-refractivity contribution in [2.75, 3.05) is 6.54 Å². The Balaban J connectivity index is 2.21. The van der Waals surface area contributed by atoms with Crippen molar-refractivity contribution >= 4 is 31.9 Å². The van der Waals surface area contributed by atoms with Gasteiger partial charge in [0.15, 0.2) is 6.10 Å². The van der Waals surface area contributed by atoms with Crippen molar-refractivity contribution in [2.45, 2.75) is 6.10 Å². The fourth-order valence-electron chi connectivity index (χ4n) is 1.52. The molecule has 0 radical (unpaired) electrons. The summed E-state index contributed by atoms with van der Waals surface area (Å²) in [7, 11) is 0. The molecular formula is C13H12Br2N2O. The van der Waals surface area contributed by atoms with Gasteiger partial charge in [-0.2, -0.15) is 0 Å². The largest absolute Gasteiger partial charge is 0.482 e. The number of hydrogen-bond acceptors (Lipinski definition) is 3. The van der Waals surface area contributed by atoms with Gasteiger partial charge >= 0.3 is 0 Å². The Bertz CT molecular complexity index is 520. The topological polar surface area (TPSA) is 48.1 Å². The van der Waals surface area contributed by atoms with Crippen LogP contribution in [0, 0.1) is 0 Å². The molecule has 0 saturated carbocycles. The lowest BCUT2D eigenvalue weighted by Crippen LogP contribution is -2.19. The first kappa shape index (κ1) is 13.5. The lowest BCUT2D eigenvalue weighted by atomic mass is 10.2. The van der Waals surface area contributed by atoms with Gasteiger partial charge in [0.25, 0.3) is 0 Å². The molecule has 0 bridgehead atoms. The molecule has 2 rings (SSSR count). The highest BCUT2D eigenvalue weighted by atomic mass is 79.9. The molecule has 0 aliphatic heterocycles. The number of hydrogen-bond donors (Lipinski definition) is 1. The zero-order valence-electron chi connectivity index (χ0n) is 9.51. The highest BCUT2D eigenvalue weighted by Gasteiger charge is 2.14. The van der Waals surface area contributed by atoms with Crippen molar-refractivity contribution in [1.29, 1.82) is 0 Å². The third-order valence-electron chi connectivity index (χ3n) is 2.39. The number of benzene rings is 1. The summed E-state index contributed by atoms with van der Waals surface area (Å²) in [6.45, 7) is 0.375. The molecule has 0 spiro atoms. The molecule has 18 heavy (non-hydrogen) atoms. The van der Waals surface area contributed by atoms with E-state index in [0.29, 0.717) is 6.54 Å². The molecular weight excluding hydrogens is 360 g/mol. The molecule has 0 fully saturated rings. The molecule has 1 aromatic heterocycles. The minimum absolute atomic E-state index is 0.247. The minimum Gasteiger partial charge on any atom is -0.482 e. The average Bonchev–Trinajstić information content (AvgIpc) is 2.39. The van der Waals surface area contributed by atoms with Crippen LogP contribution in [-0.4, -0.2) is 11.5 Å². The zero-order valence-corrected chi connectivity index (χ0v) is 12.7. The Morgan fingerprint density at radius 3 is 2.67 bits per heavy atom. The van der Waals surface area contributed by atoms with Crippen LogP contribution in [0.3, 0.4) is 0 Å². The van der Waals surface area contributed by atoms with Crippen LogP contribution in [-0.2, 0) is 0 Å². The quantitative estimate of drug-likeness (QED) is 0.891. The number of ether oxygens (including phenoxy) is 1. The van der Waals surface area contributed by atoms with E-state index in [1.54, 1.807) is 6.20 Å². The van der Waals surface area contributed by atoms with E-state index in [-0.39, 0.29) is 6.10 Å². The lowest BCUT2D eigenvalue weighted by Gasteiger charge is -2.17. The highest BCUT2D eigenvalue weighted by molar-refractivity contribution is 9.11. The molecule has 2 N–H and O–H groups in total. The second-order valence-corrected chi connectivity index (χ2v) is 5.44. The van der Waals surface area contributed by atoms with Crippen molar-refractivity contribution < 1.29 is 4.74 Å². The molecule has 94 valence electrons. The summed E-state index contributed by atoms with van der Waals surface area (Å²) in [5.41, 5.74) is 6.57. The van der Waals surface area contributed by atoms with Gasteiger partial charge in [0, 0.05) is 17.2 Å². The first-order chi connectivity index (χ1) is 8.70. The second kappa shape index (κ2) is 6.31. The van der Waals surface area contributed by atoms with E-state index in [1.807, 2.05) is 36.4 Å². The molecule has 2 aromatic rings. The number of halogens is 2. The van der Waals surface area contributed by atoms with Crippen molar-refractivity contribution in [3.8, 4) is 5.75 Å². The predicted molar refractivity (Wildman–Crippen MR) is 78.5 cm³/mol. The van der Waals surface area contributed by atoms with E-state index >= 15 is 0 Å². The van der Waals surface area contributed by atoms with Crippen LogP contribution < -0.4 is 10.5 Å². The Hall–Kier alpha value is -0.910. The molecule has 1 aromatic carbocycles. The van der Waals surface area contributed by atoms with Crippen LogP contribution in [0.25, 0.3) is 0 Å². The summed E-state index contributed by atoms with van der Waals surface area (Å²) >= 11 is 6.86. The van der Waals surface area contributed by atoms with E-state index in [2.05, 4.69) is 36.8 Å². The molecule has 1 heterocycles. The third-order valence-corrected chi connectivity index (χ3v) is 3.51. The fourth-order valence-corrected chi connectivity index (χ4v) is 2.66. The van der Waals surface area contributed by atoms with Gasteiger partial charge in [-0.1, -0.05) is 22.0 Å². The van der Waals surface area contributed by atoms with Crippen LogP contribution in [0.1, 0.15) is 11.8 Å². The smallest absolute Gasteiger partial charge is 0.153 e. The summed E-state index contributed by atoms with van der Waals surface area (Å²) < 4.78 is 7.75. The molecule has 0 aliphatic rings. The molecule has 0 saturated heterocycles. The lowest BCUT2D eigenvalue weighted by molar-refractivity contribution is 0.208. The van der Waals surface area contributed by atoms with Crippen molar-refractivity contribution in [3.63, 3.8) is 0 Å². The van der Waals surface area contributed by atoms with E-state index in [0.717, 1.165) is 20.4 Å². The van der Waals surface area contributed by atoms with Crippen LogP contribution in [0.5, 0.6) is 5.75 Å². The first-order valence-electron chi connectivity index (χ1n) is 5.43. The van der Waals surface area contributed by atoms with Crippen LogP contribution in [0.2, 0.25) is 0 Å². The maximum atomic E-state index is 5.88. The highest BCUT2D eigenvalue weighted by Crippen LogP contribution is 2.31. The molecule has 0 aliphatic carbocycles. The third kappa shape index (κ3) is 3.31. The van der Waals surface area contributed by atoms with Crippen molar-refractivity contribution in [2.24, 2.45) is 5.73 Å². The molecule has 1 unspecified atom stereocenters. The van der Waals surface area contributed by atoms with Gasteiger partial charge in [0.1, 0.15) is 5.75 Å². The molecule has 0 amide bonds. The van der Waals surface area contributed by atoms with Crippen molar-refractivity contribution in [1.82, 2.24) is 4.98 Å².